The highest BCUT2D eigenvalue weighted by Gasteiger charge is 2.37. The lowest BCUT2D eigenvalue weighted by Crippen LogP contribution is -2.40. The van der Waals surface area contributed by atoms with Gasteiger partial charge in [-0.1, -0.05) is 22.8 Å². The van der Waals surface area contributed by atoms with Crippen LogP contribution in [0.5, 0.6) is 5.75 Å². The van der Waals surface area contributed by atoms with E-state index in [2.05, 4.69) is 27.9 Å². The Morgan fingerprint density at radius 1 is 1.12 bits per heavy atom. The highest BCUT2D eigenvalue weighted by Crippen LogP contribution is 2.43. The molecule has 210 valence electrons. The first-order chi connectivity index (χ1) is 19.2. The second-order valence-electron chi connectivity index (χ2n) is 11.5. The minimum absolute atomic E-state index is 0.0547. The molecule has 2 aromatic carbocycles. The predicted molar refractivity (Wildman–Crippen MR) is 155 cm³/mol. The van der Waals surface area contributed by atoms with Gasteiger partial charge in [-0.2, -0.15) is 0 Å². The number of aryl methyl sites for hydroxylation is 2. The number of nitrogens with zero attached hydrogens (tertiary/aromatic N) is 4. The Morgan fingerprint density at radius 2 is 1.90 bits per heavy atom. The number of hydrogen-bond donors (Lipinski definition) is 1. The van der Waals surface area contributed by atoms with E-state index < -0.39 is 5.60 Å². The van der Waals surface area contributed by atoms with Gasteiger partial charge in [0, 0.05) is 23.7 Å². The third-order valence-electron chi connectivity index (χ3n) is 8.60. The first kappa shape index (κ1) is 26.8. The van der Waals surface area contributed by atoms with Gasteiger partial charge in [0.25, 0.3) is 0 Å². The van der Waals surface area contributed by atoms with E-state index in [0.29, 0.717) is 17.2 Å². The molecule has 1 saturated carbocycles. The maximum Gasteiger partial charge on any atom is 0.227 e. The first-order valence-electron chi connectivity index (χ1n) is 14.0. The van der Waals surface area contributed by atoms with Gasteiger partial charge >= 0.3 is 0 Å². The highest BCUT2D eigenvalue weighted by atomic mass is 35.5. The first-order valence-corrected chi connectivity index (χ1v) is 14.4. The molecule has 1 aliphatic heterocycles. The quantitative estimate of drug-likeness (QED) is 0.279. The van der Waals surface area contributed by atoms with Crippen LogP contribution in [-0.4, -0.2) is 38.4 Å². The van der Waals surface area contributed by atoms with Crippen molar-refractivity contribution in [2.24, 2.45) is 0 Å². The summed E-state index contributed by atoms with van der Waals surface area (Å²) in [5, 5.41) is 15.3. The average molecular weight is 563 g/mol. The van der Waals surface area contributed by atoms with Gasteiger partial charge in [0.2, 0.25) is 5.91 Å². The van der Waals surface area contributed by atoms with E-state index in [-0.39, 0.29) is 18.0 Å². The largest absolute Gasteiger partial charge is 0.495 e. The molecule has 1 amide bonds. The van der Waals surface area contributed by atoms with Crippen LogP contribution >= 0.6 is 11.6 Å². The second kappa shape index (κ2) is 10.2. The number of halogens is 1. The molecule has 1 unspecified atom stereocenters. The molecule has 1 N–H and O–H groups in total. The minimum atomic E-state index is -0.657. The van der Waals surface area contributed by atoms with Crippen LogP contribution < -0.4 is 9.64 Å². The van der Waals surface area contributed by atoms with E-state index in [1.54, 1.807) is 19.2 Å². The SMILES string of the molecule is COc1ccc(N2C(=O)CCCC2c2nc3cc(-c4c(C)noc4C)ccc3n2C2CCC(C)(O)CC2)cc1Cl. The molecule has 0 spiro atoms. The number of aliphatic hydroxyl groups is 1. The summed E-state index contributed by atoms with van der Waals surface area (Å²) < 4.78 is 13.1. The number of carbonyl (C=O) groups is 1. The molecule has 1 saturated heterocycles. The Kier molecular flexibility index (Phi) is 6.87. The topological polar surface area (TPSA) is 93.6 Å². The Morgan fingerprint density at radius 3 is 2.58 bits per heavy atom. The molecule has 8 nitrogen and oxygen atoms in total. The van der Waals surface area contributed by atoms with Gasteiger partial charge in [0.1, 0.15) is 17.3 Å². The van der Waals surface area contributed by atoms with Gasteiger partial charge in [0.15, 0.2) is 0 Å². The Hall–Kier alpha value is -3.36. The molecular formula is C31H35ClN4O4. The number of fused-ring (bicyclic) bond motifs is 1. The van der Waals surface area contributed by atoms with Gasteiger partial charge in [-0.3, -0.25) is 4.79 Å². The molecule has 1 aliphatic carbocycles. The number of methoxy groups -OCH3 is 1. The van der Waals surface area contributed by atoms with Crippen molar-refractivity contribution in [1.82, 2.24) is 14.7 Å². The number of carbonyl (C=O) groups excluding carboxylic acids is 1. The van der Waals surface area contributed by atoms with Crippen molar-refractivity contribution >= 4 is 34.2 Å². The fourth-order valence-electron chi connectivity index (χ4n) is 6.51. The van der Waals surface area contributed by atoms with Crippen LogP contribution in [0, 0.1) is 13.8 Å². The fraction of sp³-hybridized carbons (Fsp3) is 0.452. The number of amides is 1. The van der Waals surface area contributed by atoms with Crippen LogP contribution in [0.4, 0.5) is 5.69 Å². The number of rotatable bonds is 5. The van der Waals surface area contributed by atoms with Crippen LogP contribution in [0.15, 0.2) is 40.9 Å². The van der Waals surface area contributed by atoms with Crippen LogP contribution in [0.3, 0.4) is 0 Å². The van der Waals surface area contributed by atoms with Crippen LogP contribution in [0.2, 0.25) is 5.02 Å². The van der Waals surface area contributed by atoms with Gasteiger partial charge in [0.05, 0.1) is 40.5 Å². The summed E-state index contributed by atoms with van der Waals surface area (Å²) in [7, 11) is 1.58. The number of hydrogen-bond acceptors (Lipinski definition) is 6. The highest BCUT2D eigenvalue weighted by molar-refractivity contribution is 6.32. The molecule has 1 atom stereocenters. The molecule has 0 bridgehead atoms. The third-order valence-corrected chi connectivity index (χ3v) is 8.89. The van der Waals surface area contributed by atoms with Crippen molar-refractivity contribution in [2.75, 3.05) is 12.0 Å². The maximum atomic E-state index is 13.5. The summed E-state index contributed by atoms with van der Waals surface area (Å²) in [6.45, 7) is 5.78. The smallest absolute Gasteiger partial charge is 0.227 e. The van der Waals surface area contributed by atoms with E-state index in [1.165, 1.54) is 0 Å². The number of anilines is 1. The lowest BCUT2D eigenvalue weighted by atomic mass is 9.83. The Balaban J connectivity index is 1.50. The zero-order valence-electron chi connectivity index (χ0n) is 23.4. The van der Waals surface area contributed by atoms with Crippen molar-refractivity contribution in [1.29, 1.82) is 0 Å². The molecule has 0 radical (unpaired) electrons. The van der Waals surface area contributed by atoms with Crippen LogP contribution in [-0.2, 0) is 4.79 Å². The second-order valence-corrected chi connectivity index (χ2v) is 11.9. The molecule has 2 fully saturated rings. The molecule has 2 aromatic heterocycles. The molecular weight excluding hydrogens is 528 g/mol. The summed E-state index contributed by atoms with van der Waals surface area (Å²) in [5.41, 5.74) is 4.81. The van der Waals surface area contributed by atoms with E-state index in [0.717, 1.165) is 83.7 Å². The minimum Gasteiger partial charge on any atom is -0.495 e. The predicted octanol–water partition coefficient (Wildman–Crippen LogP) is 7.09. The monoisotopic (exact) mass is 562 g/mol. The fourth-order valence-corrected chi connectivity index (χ4v) is 6.77. The van der Waals surface area contributed by atoms with Crippen molar-refractivity contribution in [3.05, 3.63) is 58.7 Å². The number of piperidine rings is 1. The zero-order chi connectivity index (χ0) is 28.2. The van der Waals surface area contributed by atoms with E-state index in [1.807, 2.05) is 31.7 Å². The van der Waals surface area contributed by atoms with Crippen molar-refractivity contribution < 1.29 is 19.2 Å². The summed E-state index contributed by atoms with van der Waals surface area (Å²) >= 11 is 6.51. The maximum absolute atomic E-state index is 13.5. The molecule has 3 heterocycles. The third kappa shape index (κ3) is 4.67. The van der Waals surface area contributed by atoms with Crippen LogP contribution in [0.1, 0.15) is 81.2 Å². The summed E-state index contributed by atoms with van der Waals surface area (Å²) in [6, 6.07) is 11.7. The standard InChI is InChI=1S/C31H35ClN4O4/c1-18-29(19(2)40-34-18)20-8-10-25-24(16-20)33-30(36(25)21-12-14-31(3,38)15-13-21)26-6-5-7-28(37)35(26)22-9-11-27(39-4)23(32)17-22/h8-11,16-17,21,26,38H,5-7,12-15H2,1-4H3. The van der Waals surface area contributed by atoms with Gasteiger partial charge in [-0.05, 0) is 95.2 Å². The van der Waals surface area contributed by atoms with Gasteiger partial charge in [-0.25, -0.2) is 4.98 Å². The summed E-state index contributed by atoms with van der Waals surface area (Å²) in [4.78, 5) is 20.6. The summed E-state index contributed by atoms with van der Waals surface area (Å²) in [5.74, 6) is 2.27. The van der Waals surface area contributed by atoms with Crippen LogP contribution in [0.25, 0.3) is 22.2 Å². The molecule has 9 heteroatoms. The number of benzene rings is 2. The van der Waals surface area contributed by atoms with E-state index >= 15 is 0 Å². The van der Waals surface area contributed by atoms with Gasteiger partial charge in [-0.15, -0.1) is 0 Å². The molecule has 2 aliphatic rings. The lowest BCUT2D eigenvalue weighted by Gasteiger charge is -2.38. The average Bonchev–Trinajstić information content (AvgIpc) is 3.47. The normalized spacial score (nSPS) is 23.6. The van der Waals surface area contributed by atoms with E-state index in [9.17, 15) is 9.90 Å². The summed E-state index contributed by atoms with van der Waals surface area (Å²) in [6.07, 6.45) is 5.17. The number of imidazole rings is 1. The van der Waals surface area contributed by atoms with Gasteiger partial charge < -0.3 is 23.8 Å². The molecule has 4 aromatic rings. The van der Waals surface area contributed by atoms with E-state index in [4.69, 9.17) is 25.8 Å². The number of ether oxygens (including phenoxy) is 1. The Labute approximate surface area is 238 Å². The number of aromatic nitrogens is 3. The van der Waals surface area contributed by atoms with Crippen molar-refractivity contribution in [3.63, 3.8) is 0 Å². The lowest BCUT2D eigenvalue weighted by molar-refractivity contribution is -0.120. The molecule has 6 rings (SSSR count). The Bertz CT molecular complexity index is 1560. The molecule has 40 heavy (non-hydrogen) atoms. The zero-order valence-corrected chi connectivity index (χ0v) is 24.2. The van der Waals surface area contributed by atoms with Crippen molar-refractivity contribution in [3.8, 4) is 16.9 Å². The van der Waals surface area contributed by atoms with Crippen molar-refractivity contribution in [2.45, 2.75) is 83.4 Å².